The molecule has 0 fully saturated rings. The van der Waals surface area contributed by atoms with Gasteiger partial charge in [-0.3, -0.25) is 14.9 Å². The van der Waals surface area contributed by atoms with Crippen molar-refractivity contribution in [3.63, 3.8) is 0 Å². The Morgan fingerprint density at radius 2 is 1.68 bits per heavy atom. The summed E-state index contributed by atoms with van der Waals surface area (Å²) in [6.07, 6.45) is 0. The number of carbonyl (C=O) groups is 2. The van der Waals surface area contributed by atoms with Gasteiger partial charge in [0.25, 0.3) is 11.6 Å². The molecule has 0 aliphatic rings. The van der Waals surface area contributed by atoms with Gasteiger partial charge in [0, 0.05) is 50.7 Å². The van der Waals surface area contributed by atoms with Gasteiger partial charge in [-0.1, -0.05) is 0 Å². The van der Waals surface area contributed by atoms with Crippen LogP contribution in [0.1, 0.15) is 10.4 Å². The Morgan fingerprint density at radius 1 is 1.04 bits per heavy atom. The van der Waals surface area contributed by atoms with Crippen LogP contribution in [0.25, 0.3) is 0 Å². The summed E-state index contributed by atoms with van der Waals surface area (Å²) < 4.78 is 4.99. The van der Waals surface area contributed by atoms with Crippen LogP contribution >= 0.6 is 0 Å². The first-order valence-corrected chi connectivity index (χ1v) is 8.56. The van der Waals surface area contributed by atoms with E-state index < -0.39 is 16.8 Å². The first-order valence-electron chi connectivity index (χ1n) is 8.56. The molecule has 0 spiro atoms. The van der Waals surface area contributed by atoms with Crippen LogP contribution in [0.15, 0.2) is 48.5 Å². The van der Waals surface area contributed by atoms with Crippen LogP contribution in [-0.2, 0) is 9.53 Å². The lowest BCUT2D eigenvalue weighted by atomic mass is 10.2. The molecule has 0 saturated carbocycles. The summed E-state index contributed by atoms with van der Waals surface area (Å²) in [6.45, 7) is 0.361. The van der Waals surface area contributed by atoms with Crippen molar-refractivity contribution >= 4 is 28.9 Å². The van der Waals surface area contributed by atoms with E-state index in [0.29, 0.717) is 24.3 Å². The minimum atomic E-state index is -0.565. The molecular weight excluding hydrogens is 364 g/mol. The Hall–Kier alpha value is -3.62. The van der Waals surface area contributed by atoms with Gasteiger partial charge in [0.1, 0.15) is 0 Å². The number of amides is 1. The normalized spacial score (nSPS) is 10.1. The molecular formula is C19H22N4O5. The van der Waals surface area contributed by atoms with Gasteiger partial charge >= 0.3 is 5.97 Å². The number of carbonyl (C=O) groups excluding carboxylic acids is 2. The molecule has 2 aromatic rings. The highest BCUT2D eigenvalue weighted by atomic mass is 16.6. The summed E-state index contributed by atoms with van der Waals surface area (Å²) in [6, 6.07) is 12.8. The third-order valence-corrected chi connectivity index (χ3v) is 3.81. The second-order valence-corrected chi connectivity index (χ2v) is 6.10. The van der Waals surface area contributed by atoms with Crippen LogP contribution < -0.4 is 15.5 Å². The zero-order chi connectivity index (χ0) is 20.5. The van der Waals surface area contributed by atoms with E-state index in [0.717, 1.165) is 5.69 Å². The van der Waals surface area contributed by atoms with Crippen molar-refractivity contribution in [3.05, 3.63) is 64.2 Å². The number of anilines is 2. The second kappa shape index (κ2) is 9.91. The first-order chi connectivity index (χ1) is 13.4. The van der Waals surface area contributed by atoms with Gasteiger partial charge in [-0.25, -0.2) is 4.79 Å². The van der Waals surface area contributed by atoms with E-state index in [-0.39, 0.29) is 12.3 Å². The molecule has 0 aliphatic carbocycles. The summed E-state index contributed by atoms with van der Waals surface area (Å²) in [5, 5.41) is 16.2. The number of esters is 1. The Bertz CT molecular complexity index is 819. The van der Waals surface area contributed by atoms with E-state index in [9.17, 15) is 19.7 Å². The molecule has 9 heteroatoms. The molecule has 0 radical (unpaired) electrons. The Balaban J connectivity index is 1.66. The first kappa shape index (κ1) is 20.7. The maximum absolute atomic E-state index is 11.9. The van der Waals surface area contributed by atoms with Crippen molar-refractivity contribution < 1.29 is 19.2 Å². The molecule has 2 rings (SSSR count). The van der Waals surface area contributed by atoms with E-state index in [1.165, 1.54) is 12.1 Å². The van der Waals surface area contributed by atoms with Crippen LogP contribution in [0.5, 0.6) is 0 Å². The molecule has 2 aromatic carbocycles. The quantitative estimate of drug-likeness (QED) is 0.293. The lowest BCUT2D eigenvalue weighted by Gasteiger charge is -2.12. The van der Waals surface area contributed by atoms with Gasteiger partial charge < -0.3 is 20.3 Å². The average Bonchev–Trinajstić information content (AvgIpc) is 2.69. The lowest BCUT2D eigenvalue weighted by molar-refractivity contribution is -0.384. The SMILES string of the molecule is CN(C)c1ccc(C(=O)OCC(=O)NCCNc2ccc([N+](=O)[O-])cc2)cc1. The molecule has 0 heterocycles. The van der Waals surface area contributed by atoms with Crippen molar-refractivity contribution in [2.45, 2.75) is 0 Å². The highest BCUT2D eigenvalue weighted by Gasteiger charge is 2.10. The standard InChI is InChI=1S/C19H22N4O5/c1-22(2)16-7-3-14(4-8-16)19(25)28-13-18(24)21-12-11-20-15-5-9-17(10-6-15)23(26)27/h3-10,20H,11-13H2,1-2H3,(H,21,24). The number of nitrogens with zero attached hydrogens (tertiary/aromatic N) is 2. The predicted molar refractivity (Wildman–Crippen MR) is 106 cm³/mol. The van der Waals surface area contributed by atoms with E-state index in [1.54, 1.807) is 36.4 Å². The molecule has 9 nitrogen and oxygen atoms in total. The molecule has 0 saturated heterocycles. The summed E-state index contributed by atoms with van der Waals surface area (Å²) in [5.41, 5.74) is 2.04. The van der Waals surface area contributed by atoms with E-state index in [4.69, 9.17) is 4.74 Å². The molecule has 28 heavy (non-hydrogen) atoms. The second-order valence-electron chi connectivity index (χ2n) is 6.10. The van der Waals surface area contributed by atoms with Crippen molar-refractivity contribution in [2.75, 3.05) is 44.0 Å². The van der Waals surface area contributed by atoms with Crippen LogP contribution in [0, 0.1) is 10.1 Å². The van der Waals surface area contributed by atoms with Crippen LogP contribution in [0.2, 0.25) is 0 Å². The van der Waals surface area contributed by atoms with Crippen molar-refractivity contribution in [2.24, 2.45) is 0 Å². The van der Waals surface area contributed by atoms with Crippen LogP contribution in [-0.4, -0.2) is 50.6 Å². The largest absolute Gasteiger partial charge is 0.452 e. The highest BCUT2D eigenvalue weighted by Crippen LogP contribution is 2.15. The zero-order valence-electron chi connectivity index (χ0n) is 15.7. The number of ether oxygens (including phenoxy) is 1. The topological polar surface area (TPSA) is 114 Å². The fraction of sp³-hybridized carbons (Fsp3) is 0.263. The molecule has 0 bridgehead atoms. The third-order valence-electron chi connectivity index (χ3n) is 3.81. The maximum atomic E-state index is 11.9. The Labute approximate surface area is 162 Å². The molecule has 0 aliphatic heterocycles. The van der Waals surface area contributed by atoms with Gasteiger partial charge in [0.2, 0.25) is 0 Å². The number of non-ortho nitro benzene ring substituents is 1. The minimum Gasteiger partial charge on any atom is -0.452 e. The summed E-state index contributed by atoms with van der Waals surface area (Å²) in [4.78, 5) is 35.7. The summed E-state index contributed by atoms with van der Waals surface area (Å²) in [5.74, 6) is -0.978. The number of hydrogen-bond donors (Lipinski definition) is 2. The minimum absolute atomic E-state index is 0.0111. The van der Waals surface area contributed by atoms with E-state index in [2.05, 4.69) is 10.6 Å². The number of nitrogens with one attached hydrogen (secondary N) is 2. The van der Waals surface area contributed by atoms with Crippen molar-refractivity contribution in [1.29, 1.82) is 0 Å². The number of nitro groups is 1. The van der Waals surface area contributed by atoms with Gasteiger partial charge in [-0.05, 0) is 36.4 Å². The monoisotopic (exact) mass is 386 g/mol. The molecule has 1 amide bonds. The van der Waals surface area contributed by atoms with Gasteiger partial charge in [-0.2, -0.15) is 0 Å². The molecule has 0 aromatic heterocycles. The molecule has 2 N–H and O–H groups in total. The Morgan fingerprint density at radius 3 is 2.25 bits per heavy atom. The highest BCUT2D eigenvalue weighted by molar-refractivity contribution is 5.91. The van der Waals surface area contributed by atoms with Crippen LogP contribution in [0.3, 0.4) is 0 Å². The number of nitro benzene ring substituents is 1. The summed E-state index contributed by atoms with van der Waals surface area (Å²) in [7, 11) is 3.79. The zero-order valence-corrected chi connectivity index (χ0v) is 15.7. The average molecular weight is 386 g/mol. The number of rotatable bonds is 9. The molecule has 148 valence electrons. The predicted octanol–water partition coefficient (Wildman–Crippen LogP) is 2.05. The fourth-order valence-electron chi connectivity index (χ4n) is 2.27. The molecule has 0 unspecified atom stereocenters. The van der Waals surface area contributed by atoms with Crippen LogP contribution in [0.4, 0.5) is 17.1 Å². The number of benzene rings is 2. The molecule has 0 atom stereocenters. The van der Waals surface area contributed by atoms with E-state index >= 15 is 0 Å². The van der Waals surface area contributed by atoms with Gasteiger partial charge in [0.15, 0.2) is 6.61 Å². The Kier molecular flexibility index (Phi) is 7.32. The fourth-order valence-corrected chi connectivity index (χ4v) is 2.27. The third kappa shape index (κ3) is 6.27. The number of hydrogen-bond acceptors (Lipinski definition) is 7. The van der Waals surface area contributed by atoms with Gasteiger partial charge in [-0.15, -0.1) is 0 Å². The lowest BCUT2D eigenvalue weighted by Crippen LogP contribution is -2.32. The van der Waals surface area contributed by atoms with E-state index in [1.807, 2.05) is 19.0 Å². The smallest absolute Gasteiger partial charge is 0.338 e. The van der Waals surface area contributed by atoms with Crippen molar-refractivity contribution in [3.8, 4) is 0 Å². The summed E-state index contributed by atoms with van der Waals surface area (Å²) >= 11 is 0. The van der Waals surface area contributed by atoms with Gasteiger partial charge in [0.05, 0.1) is 10.5 Å². The maximum Gasteiger partial charge on any atom is 0.338 e. The van der Waals surface area contributed by atoms with Crippen molar-refractivity contribution in [1.82, 2.24) is 5.32 Å².